The Balaban J connectivity index is 2.00. The van der Waals surface area contributed by atoms with Crippen LogP contribution in [0.5, 0.6) is 0 Å². The van der Waals surface area contributed by atoms with Crippen molar-refractivity contribution >= 4 is 5.91 Å². The van der Waals surface area contributed by atoms with Crippen LogP contribution >= 0.6 is 0 Å². The molecule has 0 spiro atoms. The van der Waals surface area contributed by atoms with Gasteiger partial charge in [-0.15, -0.1) is 0 Å². The maximum atomic E-state index is 12.4. The molecule has 0 aromatic rings. The number of rotatable bonds is 1. The number of nitrogens with zero attached hydrogens (tertiary/aromatic N) is 1. The van der Waals surface area contributed by atoms with E-state index in [-0.39, 0.29) is 23.7 Å². The van der Waals surface area contributed by atoms with Crippen molar-refractivity contribution < 1.29 is 9.53 Å². The van der Waals surface area contributed by atoms with E-state index in [0.717, 1.165) is 26.1 Å². The van der Waals surface area contributed by atoms with Crippen LogP contribution in [0.3, 0.4) is 0 Å². The number of nitrogens with one attached hydrogen (secondary N) is 1. The van der Waals surface area contributed by atoms with Crippen LogP contribution in [0.25, 0.3) is 0 Å². The van der Waals surface area contributed by atoms with Crippen molar-refractivity contribution in [3.05, 3.63) is 0 Å². The van der Waals surface area contributed by atoms with Crippen molar-refractivity contribution in [2.45, 2.75) is 51.9 Å². The highest BCUT2D eigenvalue weighted by Crippen LogP contribution is 2.27. The maximum Gasteiger partial charge on any atom is 0.252 e. The first-order chi connectivity index (χ1) is 7.89. The van der Waals surface area contributed by atoms with Gasteiger partial charge >= 0.3 is 0 Å². The highest BCUT2D eigenvalue weighted by Gasteiger charge is 2.39. The highest BCUT2D eigenvalue weighted by molar-refractivity contribution is 5.81. The largest absolute Gasteiger partial charge is 0.365 e. The molecule has 2 heterocycles. The second-order valence-electron chi connectivity index (χ2n) is 6.15. The number of carbonyl (C=O) groups is 1. The number of hydrogen-bond donors (Lipinski definition) is 1. The molecule has 0 saturated carbocycles. The molecule has 3 atom stereocenters. The molecule has 2 aliphatic heterocycles. The zero-order chi connectivity index (χ0) is 12.6. The lowest BCUT2D eigenvalue weighted by Gasteiger charge is -2.40. The molecule has 0 radical (unpaired) electrons. The van der Waals surface area contributed by atoms with Crippen LogP contribution in [0.4, 0.5) is 0 Å². The number of amides is 1. The van der Waals surface area contributed by atoms with Gasteiger partial charge in [-0.1, -0.05) is 6.92 Å². The first kappa shape index (κ1) is 12.8. The van der Waals surface area contributed by atoms with Gasteiger partial charge in [-0.05, 0) is 33.1 Å². The van der Waals surface area contributed by atoms with Crippen molar-refractivity contribution in [2.75, 3.05) is 19.6 Å². The van der Waals surface area contributed by atoms with Crippen LogP contribution in [-0.4, -0.2) is 48.2 Å². The van der Waals surface area contributed by atoms with Crippen LogP contribution < -0.4 is 5.32 Å². The van der Waals surface area contributed by atoms with Crippen molar-refractivity contribution in [2.24, 2.45) is 5.92 Å². The molecule has 4 nitrogen and oxygen atoms in total. The fourth-order valence-electron chi connectivity index (χ4n) is 2.90. The smallest absolute Gasteiger partial charge is 0.252 e. The minimum Gasteiger partial charge on any atom is -0.365 e. The van der Waals surface area contributed by atoms with Crippen molar-refractivity contribution in [1.82, 2.24) is 10.2 Å². The van der Waals surface area contributed by atoms with Gasteiger partial charge in [0.15, 0.2) is 0 Å². The molecule has 2 fully saturated rings. The van der Waals surface area contributed by atoms with Gasteiger partial charge in [0.1, 0.15) is 6.10 Å². The Labute approximate surface area is 104 Å². The van der Waals surface area contributed by atoms with Crippen LogP contribution in [0.1, 0.15) is 34.1 Å². The number of ether oxygens (including phenoxy) is 1. The van der Waals surface area contributed by atoms with E-state index in [4.69, 9.17) is 4.74 Å². The van der Waals surface area contributed by atoms with E-state index in [1.807, 2.05) is 11.8 Å². The minimum atomic E-state index is -0.223. The highest BCUT2D eigenvalue weighted by atomic mass is 16.5. The van der Waals surface area contributed by atoms with Gasteiger partial charge in [0.05, 0.1) is 6.10 Å². The molecule has 0 aromatic carbocycles. The van der Waals surface area contributed by atoms with Crippen molar-refractivity contribution in [3.8, 4) is 0 Å². The topological polar surface area (TPSA) is 41.6 Å². The lowest BCUT2D eigenvalue weighted by molar-refractivity contribution is -0.146. The minimum absolute atomic E-state index is 0.0152. The third-order valence-electron chi connectivity index (χ3n) is 3.73. The summed E-state index contributed by atoms with van der Waals surface area (Å²) in [5.41, 5.74) is 0.0152. The third-order valence-corrected chi connectivity index (χ3v) is 3.73. The Morgan fingerprint density at radius 1 is 1.41 bits per heavy atom. The summed E-state index contributed by atoms with van der Waals surface area (Å²) < 4.78 is 5.75. The van der Waals surface area contributed by atoms with E-state index in [0.29, 0.717) is 5.92 Å². The maximum absolute atomic E-state index is 12.4. The van der Waals surface area contributed by atoms with Gasteiger partial charge in [0, 0.05) is 25.2 Å². The van der Waals surface area contributed by atoms with Gasteiger partial charge in [-0.3, -0.25) is 4.79 Å². The van der Waals surface area contributed by atoms with E-state index < -0.39 is 0 Å². The molecule has 4 heteroatoms. The standard InChI is InChI=1S/C13H24N2O2/c1-9-7-10(2)17-11(9)12(16)15-6-5-14-13(3,4)8-15/h9-11,14H,5-8H2,1-4H3. The van der Waals surface area contributed by atoms with Crippen molar-refractivity contribution in [3.63, 3.8) is 0 Å². The molecule has 1 amide bonds. The van der Waals surface area contributed by atoms with E-state index in [1.54, 1.807) is 0 Å². The lowest BCUT2D eigenvalue weighted by Crippen LogP contribution is -2.60. The SMILES string of the molecule is CC1CC(C)C(C(=O)N2CCNC(C)(C)C2)O1. The molecular weight excluding hydrogens is 216 g/mol. The molecule has 0 aromatic heterocycles. The monoisotopic (exact) mass is 240 g/mol. The molecule has 2 saturated heterocycles. The van der Waals surface area contributed by atoms with Crippen LogP contribution in [0.2, 0.25) is 0 Å². The summed E-state index contributed by atoms with van der Waals surface area (Å²) in [7, 11) is 0. The lowest BCUT2D eigenvalue weighted by atomic mass is 9.98. The van der Waals surface area contributed by atoms with E-state index in [1.165, 1.54) is 0 Å². The number of hydrogen-bond acceptors (Lipinski definition) is 3. The normalized spacial score (nSPS) is 37.2. The first-order valence-electron chi connectivity index (χ1n) is 6.58. The van der Waals surface area contributed by atoms with E-state index >= 15 is 0 Å². The predicted octanol–water partition coefficient (Wildman–Crippen LogP) is 1.01. The molecule has 17 heavy (non-hydrogen) atoms. The molecule has 1 N–H and O–H groups in total. The average molecular weight is 240 g/mol. The first-order valence-corrected chi connectivity index (χ1v) is 6.58. The van der Waals surface area contributed by atoms with E-state index in [9.17, 15) is 4.79 Å². The Kier molecular flexibility index (Phi) is 3.46. The Bertz CT molecular complexity index is 304. The van der Waals surface area contributed by atoms with Crippen LogP contribution in [-0.2, 0) is 9.53 Å². The van der Waals surface area contributed by atoms with Crippen LogP contribution in [0, 0.1) is 5.92 Å². The zero-order valence-electron chi connectivity index (χ0n) is 11.3. The van der Waals surface area contributed by atoms with Crippen molar-refractivity contribution in [1.29, 1.82) is 0 Å². The van der Waals surface area contributed by atoms with Crippen LogP contribution in [0.15, 0.2) is 0 Å². The molecule has 0 aliphatic carbocycles. The fraction of sp³-hybridized carbons (Fsp3) is 0.923. The molecule has 2 aliphatic rings. The summed E-state index contributed by atoms with van der Waals surface area (Å²) in [6.07, 6.45) is 0.986. The fourth-order valence-corrected chi connectivity index (χ4v) is 2.90. The van der Waals surface area contributed by atoms with Gasteiger partial charge in [-0.2, -0.15) is 0 Å². The van der Waals surface area contributed by atoms with Gasteiger partial charge in [0.25, 0.3) is 5.91 Å². The van der Waals surface area contributed by atoms with E-state index in [2.05, 4.69) is 26.1 Å². The summed E-state index contributed by atoms with van der Waals surface area (Å²) in [5, 5.41) is 3.42. The third kappa shape index (κ3) is 2.80. The summed E-state index contributed by atoms with van der Waals surface area (Å²) in [4.78, 5) is 14.4. The average Bonchev–Trinajstić information content (AvgIpc) is 2.55. The summed E-state index contributed by atoms with van der Waals surface area (Å²) in [6, 6.07) is 0. The Morgan fingerprint density at radius 2 is 2.12 bits per heavy atom. The summed E-state index contributed by atoms with van der Waals surface area (Å²) >= 11 is 0. The molecule has 0 bridgehead atoms. The molecule has 98 valence electrons. The molecule has 3 unspecified atom stereocenters. The quantitative estimate of drug-likeness (QED) is 0.744. The van der Waals surface area contributed by atoms with Gasteiger partial charge < -0.3 is 15.0 Å². The Morgan fingerprint density at radius 3 is 2.65 bits per heavy atom. The molecular formula is C13H24N2O2. The second-order valence-corrected chi connectivity index (χ2v) is 6.15. The predicted molar refractivity (Wildman–Crippen MR) is 66.8 cm³/mol. The van der Waals surface area contributed by atoms with Gasteiger partial charge in [0.2, 0.25) is 0 Å². The zero-order valence-corrected chi connectivity index (χ0v) is 11.3. The number of carbonyl (C=O) groups excluding carboxylic acids is 1. The Hall–Kier alpha value is -0.610. The number of piperazine rings is 1. The summed E-state index contributed by atoms with van der Waals surface area (Å²) in [5.74, 6) is 0.520. The molecule has 2 rings (SSSR count). The second kappa shape index (κ2) is 4.58. The summed E-state index contributed by atoms with van der Waals surface area (Å²) in [6.45, 7) is 10.9. The van der Waals surface area contributed by atoms with Gasteiger partial charge in [-0.25, -0.2) is 0 Å².